The van der Waals surface area contributed by atoms with Crippen LogP contribution in [0.5, 0.6) is 0 Å². The molecule has 1 saturated heterocycles. The quantitative estimate of drug-likeness (QED) is 0.741. The van der Waals surface area contributed by atoms with Crippen LogP contribution in [0.1, 0.15) is 39.9 Å². The maximum atomic E-state index is 12.8. The number of nitrogens with zero attached hydrogens (tertiary/aromatic N) is 2. The Morgan fingerprint density at radius 1 is 1.03 bits per heavy atom. The lowest BCUT2D eigenvalue weighted by Crippen LogP contribution is -2.41. The topological polar surface area (TPSA) is 101 Å². The van der Waals surface area contributed by atoms with Gasteiger partial charge in [-0.2, -0.15) is 0 Å². The highest BCUT2D eigenvalue weighted by Crippen LogP contribution is 2.28. The molecular formula is C23H29N3O4S. The highest BCUT2D eigenvalue weighted by Gasteiger charge is 2.27. The Balaban J connectivity index is 1.76. The van der Waals surface area contributed by atoms with Gasteiger partial charge < -0.3 is 10.6 Å². The van der Waals surface area contributed by atoms with Gasteiger partial charge in [-0.05, 0) is 55.5 Å². The summed E-state index contributed by atoms with van der Waals surface area (Å²) in [5, 5.41) is 0. The Labute approximate surface area is 183 Å². The molecule has 1 aliphatic rings. The summed E-state index contributed by atoms with van der Waals surface area (Å²) in [6, 6.07) is 12.7. The average Bonchev–Trinajstić information content (AvgIpc) is 2.72. The molecule has 0 bridgehead atoms. The van der Waals surface area contributed by atoms with Crippen LogP contribution in [0.2, 0.25) is 0 Å². The molecule has 0 aromatic heterocycles. The van der Waals surface area contributed by atoms with Crippen molar-refractivity contribution >= 4 is 27.5 Å². The maximum Gasteiger partial charge on any atom is 0.253 e. The van der Waals surface area contributed by atoms with E-state index in [-0.39, 0.29) is 24.3 Å². The second kappa shape index (κ2) is 9.09. The minimum atomic E-state index is -3.50. The van der Waals surface area contributed by atoms with Crippen molar-refractivity contribution < 1.29 is 18.0 Å². The van der Waals surface area contributed by atoms with E-state index in [1.54, 1.807) is 29.2 Å². The first-order valence-electron chi connectivity index (χ1n) is 10.3. The molecule has 0 radical (unpaired) electrons. The fourth-order valence-corrected chi connectivity index (χ4v) is 5.03. The van der Waals surface area contributed by atoms with Crippen LogP contribution in [0.25, 0.3) is 0 Å². The largest absolute Gasteiger partial charge is 0.369 e. The molecule has 3 rings (SSSR count). The molecule has 0 aliphatic carbocycles. The van der Waals surface area contributed by atoms with Crippen molar-refractivity contribution in [2.45, 2.75) is 33.2 Å². The molecular weight excluding hydrogens is 414 g/mol. The smallest absolute Gasteiger partial charge is 0.253 e. The van der Waals surface area contributed by atoms with E-state index in [1.165, 1.54) is 10.6 Å². The van der Waals surface area contributed by atoms with Crippen LogP contribution in [-0.4, -0.2) is 44.5 Å². The number of nitrogens with two attached hydrogens (primary N) is 1. The van der Waals surface area contributed by atoms with Gasteiger partial charge in [0.2, 0.25) is 15.9 Å². The fourth-order valence-electron chi connectivity index (χ4n) is 4.03. The number of primary amides is 1. The van der Waals surface area contributed by atoms with Crippen LogP contribution >= 0.6 is 0 Å². The second-order valence-corrected chi connectivity index (χ2v) is 10.1. The minimum Gasteiger partial charge on any atom is -0.369 e. The molecule has 0 atom stereocenters. The Kier molecular flexibility index (Phi) is 6.69. The normalized spacial score (nSPS) is 15.0. The number of piperidine rings is 1. The Morgan fingerprint density at radius 3 is 2.06 bits per heavy atom. The van der Waals surface area contributed by atoms with Crippen molar-refractivity contribution in [3.8, 4) is 0 Å². The zero-order valence-corrected chi connectivity index (χ0v) is 19.0. The fraction of sp³-hybridized carbons (Fsp3) is 0.391. The van der Waals surface area contributed by atoms with E-state index in [0.29, 0.717) is 37.2 Å². The summed E-state index contributed by atoms with van der Waals surface area (Å²) in [6.07, 6.45) is 2.36. The van der Waals surface area contributed by atoms with E-state index in [1.807, 2.05) is 32.0 Å². The number of sulfonamides is 1. The van der Waals surface area contributed by atoms with E-state index in [0.717, 1.165) is 16.7 Å². The number of hydrogen-bond acceptors (Lipinski definition) is 4. The molecule has 1 aliphatic heterocycles. The van der Waals surface area contributed by atoms with E-state index < -0.39 is 10.0 Å². The van der Waals surface area contributed by atoms with Gasteiger partial charge in [0, 0.05) is 24.6 Å². The predicted octanol–water partition coefficient (Wildman–Crippen LogP) is 2.61. The van der Waals surface area contributed by atoms with Crippen LogP contribution in [0.3, 0.4) is 0 Å². The molecule has 0 spiro atoms. The lowest BCUT2D eigenvalue weighted by molar-refractivity contribution is -0.123. The van der Waals surface area contributed by atoms with Gasteiger partial charge >= 0.3 is 0 Å². The summed E-state index contributed by atoms with van der Waals surface area (Å²) >= 11 is 0. The number of carbonyl (C=O) groups is 2. The molecule has 2 aromatic rings. The monoisotopic (exact) mass is 443 g/mol. The van der Waals surface area contributed by atoms with Crippen molar-refractivity contribution in [2.75, 3.05) is 23.7 Å². The molecule has 1 fully saturated rings. The average molecular weight is 444 g/mol. The lowest BCUT2D eigenvalue weighted by Gasteiger charge is -2.30. The maximum absolute atomic E-state index is 12.8. The molecule has 7 nitrogen and oxygen atoms in total. The number of aryl methyl sites for hydroxylation is 2. The van der Waals surface area contributed by atoms with Crippen LogP contribution in [0, 0.1) is 19.8 Å². The number of benzene rings is 2. The first-order valence-corrected chi connectivity index (χ1v) is 12.1. The number of rotatable bonds is 6. The molecule has 2 N–H and O–H groups in total. The van der Waals surface area contributed by atoms with E-state index in [4.69, 9.17) is 5.73 Å². The molecule has 166 valence electrons. The standard InChI is InChI=1S/C23H29N3O4S/c1-16-5-4-6-17(2)21(16)26(31(3,29)30)15-18-7-9-20(10-8-18)23(28)25-13-11-19(12-14-25)22(24)27/h4-10,19H,11-15H2,1-3H3,(H2,24,27). The number of carbonyl (C=O) groups excluding carboxylic acids is 2. The summed E-state index contributed by atoms with van der Waals surface area (Å²) in [7, 11) is -3.50. The zero-order chi connectivity index (χ0) is 22.8. The van der Waals surface area contributed by atoms with Gasteiger partial charge in [-0.3, -0.25) is 13.9 Å². The first kappa shape index (κ1) is 22.8. The first-order chi connectivity index (χ1) is 14.6. The van der Waals surface area contributed by atoms with Crippen LogP contribution < -0.4 is 10.0 Å². The van der Waals surface area contributed by atoms with E-state index in [9.17, 15) is 18.0 Å². The molecule has 31 heavy (non-hydrogen) atoms. The van der Waals surface area contributed by atoms with Crippen LogP contribution in [-0.2, 0) is 21.4 Å². The summed E-state index contributed by atoms with van der Waals surface area (Å²) in [6.45, 7) is 4.97. The number of amides is 2. The molecule has 8 heteroatoms. The van der Waals surface area contributed by atoms with Crippen molar-refractivity contribution in [1.82, 2.24) is 4.90 Å². The van der Waals surface area contributed by atoms with Gasteiger partial charge in [-0.25, -0.2) is 8.42 Å². The summed E-state index contributed by atoms with van der Waals surface area (Å²) in [5.74, 6) is -0.571. The predicted molar refractivity (Wildman–Crippen MR) is 121 cm³/mol. The molecule has 1 heterocycles. The van der Waals surface area contributed by atoms with Crippen molar-refractivity contribution in [2.24, 2.45) is 11.7 Å². The van der Waals surface area contributed by atoms with Gasteiger partial charge in [-0.1, -0.05) is 30.3 Å². The highest BCUT2D eigenvalue weighted by molar-refractivity contribution is 7.92. The summed E-state index contributed by atoms with van der Waals surface area (Å²) in [4.78, 5) is 25.8. The number of para-hydroxylation sites is 1. The third-order valence-corrected chi connectivity index (χ3v) is 6.91. The highest BCUT2D eigenvalue weighted by atomic mass is 32.2. The minimum absolute atomic E-state index is 0.0933. The number of likely N-dealkylation sites (tertiary alicyclic amines) is 1. The van der Waals surface area contributed by atoms with Crippen molar-refractivity contribution in [1.29, 1.82) is 0 Å². The lowest BCUT2D eigenvalue weighted by atomic mass is 9.96. The van der Waals surface area contributed by atoms with Gasteiger partial charge in [0.1, 0.15) is 0 Å². The third-order valence-electron chi connectivity index (χ3n) is 5.80. The Bertz CT molecular complexity index is 1050. The van der Waals surface area contributed by atoms with Crippen molar-refractivity contribution in [3.63, 3.8) is 0 Å². The van der Waals surface area contributed by atoms with Gasteiger partial charge in [-0.15, -0.1) is 0 Å². The second-order valence-electron chi connectivity index (χ2n) is 8.18. The van der Waals surface area contributed by atoms with Gasteiger partial charge in [0.15, 0.2) is 0 Å². The molecule has 2 aromatic carbocycles. The Morgan fingerprint density at radius 2 is 1.58 bits per heavy atom. The number of hydrogen-bond donors (Lipinski definition) is 1. The van der Waals surface area contributed by atoms with E-state index in [2.05, 4.69) is 0 Å². The summed E-state index contributed by atoms with van der Waals surface area (Å²) in [5.41, 5.74) is 9.14. The Hall–Kier alpha value is -2.87. The van der Waals surface area contributed by atoms with Gasteiger partial charge in [0.25, 0.3) is 5.91 Å². The van der Waals surface area contributed by atoms with Crippen molar-refractivity contribution in [3.05, 3.63) is 64.7 Å². The zero-order valence-electron chi connectivity index (χ0n) is 18.2. The van der Waals surface area contributed by atoms with Crippen LogP contribution in [0.4, 0.5) is 5.69 Å². The van der Waals surface area contributed by atoms with Crippen LogP contribution in [0.15, 0.2) is 42.5 Å². The molecule has 0 unspecified atom stereocenters. The third kappa shape index (κ3) is 5.25. The molecule has 0 saturated carbocycles. The summed E-state index contributed by atoms with van der Waals surface area (Å²) < 4.78 is 26.5. The SMILES string of the molecule is Cc1cccc(C)c1N(Cc1ccc(C(=O)N2CCC(C(N)=O)CC2)cc1)S(C)(=O)=O. The van der Waals surface area contributed by atoms with Gasteiger partial charge in [0.05, 0.1) is 18.5 Å². The number of anilines is 1. The van der Waals surface area contributed by atoms with E-state index >= 15 is 0 Å². The molecule has 2 amide bonds.